The number of rotatable bonds is 6. The lowest BCUT2D eigenvalue weighted by Gasteiger charge is -2.33. The van der Waals surface area contributed by atoms with E-state index in [1.807, 2.05) is 51.1 Å². The second-order valence-corrected chi connectivity index (χ2v) is 8.44. The molecule has 0 aliphatic carbocycles. The summed E-state index contributed by atoms with van der Waals surface area (Å²) in [5.41, 5.74) is 0.375. The fraction of sp³-hybridized carbons (Fsp3) is 0.522. The Balaban J connectivity index is 1.84. The number of carbonyl (C=O) groups is 3. The maximum atomic E-state index is 12.2. The number of amides is 2. The van der Waals surface area contributed by atoms with Crippen LogP contribution >= 0.6 is 0 Å². The molecule has 1 aromatic carbocycles. The summed E-state index contributed by atoms with van der Waals surface area (Å²) in [7, 11) is 1.26. The largest absolute Gasteiger partial charge is 0.464 e. The van der Waals surface area contributed by atoms with Crippen LogP contribution in [-0.2, 0) is 25.6 Å². The van der Waals surface area contributed by atoms with E-state index < -0.39 is 17.7 Å². The fourth-order valence-corrected chi connectivity index (χ4v) is 3.13. The van der Waals surface area contributed by atoms with Gasteiger partial charge in [0.15, 0.2) is 0 Å². The molecule has 2 amide bonds. The van der Waals surface area contributed by atoms with Gasteiger partial charge in [0.25, 0.3) is 0 Å². The van der Waals surface area contributed by atoms with Gasteiger partial charge in [-0.25, -0.2) is 14.4 Å². The number of piperidine rings is 1. The van der Waals surface area contributed by atoms with E-state index in [9.17, 15) is 14.4 Å². The number of alkyl carbamates (subject to hydrolysis) is 1. The lowest BCUT2D eigenvalue weighted by molar-refractivity contribution is -0.136. The SMILES string of the molecule is COC(=O)C(=CCC1CCN(C(=O)OC(C)(C)C)CC1)NC(=O)OCc1ccccc1. The minimum Gasteiger partial charge on any atom is -0.464 e. The Hall–Kier alpha value is -3.03. The van der Waals surface area contributed by atoms with Crippen molar-refractivity contribution in [1.82, 2.24) is 10.2 Å². The molecule has 1 N–H and O–H groups in total. The van der Waals surface area contributed by atoms with Crippen molar-refractivity contribution in [3.8, 4) is 0 Å². The number of hydrogen-bond donors (Lipinski definition) is 1. The van der Waals surface area contributed by atoms with Gasteiger partial charge in [0.1, 0.15) is 17.9 Å². The number of esters is 1. The first-order valence-electron chi connectivity index (χ1n) is 10.4. The van der Waals surface area contributed by atoms with Crippen molar-refractivity contribution in [3.63, 3.8) is 0 Å². The first-order chi connectivity index (χ1) is 14.7. The third-order valence-electron chi connectivity index (χ3n) is 4.78. The van der Waals surface area contributed by atoms with Crippen molar-refractivity contribution in [3.05, 3.63) is 47.7 Å². The van der Waals surface area contributed by atoms with E-state index >= 15 is 0 Å². The van der Waals surface area contributed by atoms with E-state index in [1.54, 1.807) is 11.0 Å². The van der Waals surface area contributed by atoms with E-state index in [-0.39, 0.29) is 24.3 Å². The lowest BCUT2D eigenvalue weighted by atomic mass is 9.93. The smallest absolute Gasteiger partial charge is 0.412 e. The van der Waals surface area contributed by atoms with E-state index in [0.29, 0.717) is 19.5 Å². The van der Waals surface area contributed by atoms with E-state index in [1.165, 1.54) is 7.11 Å². The van der Waals surface area contributed by atoms with Crippen LogP contribution in [0.4, 0.5) is 9.59 Å². The predicted octanol–water partition coefficient (Wildman–Crippen LogP) is 4.01. The Bertz CT molecular complexity index is 777. The Morgan fingerprint density at radius 2 is 1.77 bits per heavy atom. The Morgan fingerprint density at radius 1 is 1.13 bits per heavy atom. The molecule has 1 saturated heterocycles. The van der Waals surface area contributed by atoms with Crippen LogP contribution in [0.3, 0.4) is 0 Å². The van der Waals surface area contributed by atoms with Gasteiger partial charge in [-0.1, -0.05) is 36.4 Å². The van der Waals surface area contributed by atoms with Gasteiger partial charge in [-0.05, 0) is 51.5 Å². The molecule has 0 bridgehead atoms. The zero-order valence-corrected chi connectivity index (χ0v) is 18.7. The van der Waals surface area contributed by atoms with Gasteiger partial charge in [-0.3, -0.25) is 5.32 Å². The summed E-state index contributed by atoms with van der Waals surface area (Å²) in [6.45, 7) is 6.81. The molecule has 8 nitrogen and oxygen atoms in total. The summed E-state index contributed by atoms with van der Waals surface area (Å²) in [6.07, 6.45) is 2.76. The zero-order chi connectivity index (χ0) is 22.9. The van der Waals surface area contributed by atoms with Crippen LogP contribution in [0, 0.1) is 5.92 Å². The van der Waals surface area contributed by atoms with Crippen LogP contribution < -0.4 is 5.32 Å². The molecule has 1 aromatic rings. The molecular weight excluding hydrogens is 400 g/mol. The molecule has 170 valence electrons. The van der Waals surface area contributed by atoms with Crippen LogP contribution in [0.15, 0.2) is 42.1 Å². The molecule has 1 heterocycles. The maximum absolute atomic E-state index is 12.2. The maximum Gasteiger partial charge on any atom is 0.412 e. The molecule has 0 atom stereocenters. The molecule has 0 spiro atoms. The normalized spacial score (nSPS) is 15.2. The van der Waals surface area contributed by atoms with Crippen molar-refractivity contribution in [2.45, 2.75) is 52.2 Å². The van der Waals surface area contributed by atoms with E-state index in [4.69, 9.17) is 14.2 Å². The summed E-state index contributed by atoms with van der Waals surface area (Å²) < 4.78 is 15.3. The van der Waals surface area contributed by atoms with E-state index in [0.717, 1.165) is 18.4 Å². The van der Waals surface area contributed by atoms with Gasteiger partial charge in [-0.2, -0.15) is 0 Å². The third kappa shape index (κ3) is 8.70. The number of ether oxygens (including phenoxy) is 3. The quantitative estimate of drug-likeness (QED) is 0.415. The molecule has 1 aliphatic rings. The molecular formula is C23H32N2O6. The number of allylic oxidation sites excluding steroid dienone is 1. The molecule has 1 fully saturated rings. The second-order valence-electron chi connectivity index (χ2n) is 8.44. The topological polar surface area (TPSA) is 94.2 Å². The standard InChI is InChI=1S/C23H32N2O6/c1-23(2,3)31-22(28)25-14-12-17(13-15-25)10-11-19(20(26)29-4)24-21(27)30-16-18-8-6-5-7-9-18/h5-9,11,17H,10,12-16H2,1-4H3,(H,24,27). The Labute approximate surface area is 183 Å². The van der Waals surface area contributed by atoms with Crippen LogP contribution in [0.5, 0.6) is 0 Å². The summed E-state index contributed by atoms with van der Waals surface area (Å²) >= 11 is 0. The molecule has 2 rings (SSSR count). The molecule has 0 unspecified atom stereocenters. The number of likely N-dealkylation sites (tertiary alicyclic amines) is 1. The minimum atomic E-state index is -0.722. The van der Waals surface area contributed by atoms with Crippen LogP contribution in [0.25, 0.3) is 0 Å². The van der Waals surface area contributed by atoms with Crippen molar-refractivity contribution in [1.29, 1.82) is 0 Å². The first-order valence-corrected chi connectivity index (χ1v) is 10.4. The molecule has 0 aromatic heterocycles. The van der Waals surface area contributed by atoms with Crippen LogP contribution in [-0.4, -0.2) is 48.9 Å². The van der Waals surface area contributed by atoms with Crippen molar-refractivity contribution >= 4 is 18.2 Å². The van der Waals surface area contributed by atoms with E-state index in [2.05, 4.69) is 5.32 Å². The monoisotopic (exact) mass is 432 g/mol. The number of nitrogens with zero attached hydrogens (tertiary/aromatic N) is 1. The Kier molecular flexibility index (Phi) is 8.90. The molecule has 0 radical (unpaired) electrons. The number of methoxy groups -OCH3 is 1. The van der Waals surface area contributed by atoms with Gasteiger partial charge in [-0.15, -0.1) is 0 Å². The summed E-state index contributed by atoms with van der Waals surface area (Å²) in [6, 6.07) is 9.26. The van der Waals surface area contributed by atoms with Gasteiger partial charge in [0.05, 0.1) is 7.11 Å². The first kappa shape index (κ1) is 24.2. The van der Waals surface area contributed by atoms with Crippen LogP contribution in [0.2, 0.25) is 0 Å². The summed E-state index contributed by atoms with van der Waals surface area (Å²) in [4.78, 5) is 38.0. The average Bonchev–Trinajstić information content (AvgIpc) is 2.74. The minimum absolute atomic E-state index is 0.0510. The van der Waals surface area contributed by atoms with Gasteiger partial charge in [0.2, 0.25) is 0 Å². The highest BCUT2D eigenvalue weighted by atomic mass is 16.6. The molecule has 31 heavy (non-hydrogen) atoms. The van der Waals surface area contributed by atoms with Crippen molar-refractivity contribution in [2.24, 2.45) is 5.92 Å². The highest BCUT2D eigenvalue weighted by Gasteiger charge is 2.26. The van der Waals surface area contributed by atoms with Gasteiger partial charge in [0, 0.05) is 13.1 Å². The lowest BCUT2D eigenvalue weighted by Crippen LogP contribution is -2.41. The number of hydrogen-bond acceptors (Lipinski definition) is 6. The van der Waals surface area contributed by atoms with Gasteiger partial charge < -0.3 is 19.1 Å². The highest BCUT2D eigenvalue weighted by molar-refractivity contribution is 5.92. The number of benzene rings is 1. The van der Waals surface area contributed by atoms with Crippen LogP contribution in [0.1, 0.15) is 45.6 Å². The van der Waals surface area contributed by atoms with Gasteiger partial charge >= 0.3 is 18.2 Å². The number of nitrogens with one attached hydrogen (secondary N) is 1. The molecule has 1 aliphatic heterocycles. The number of carbonyl (C=O) groups excluding carboxylic acids is 3. The molecule has 8 heteroatoms. The average molecular weight is 433 g/mol. The predicted molar refractivity (Wildman–Crippen MR) is 115 cm³/mol. The van der Waals surface area contributed by atoms with Crippen molar-refractivity contribution in [2.75, 3.05) is 20.2 Å². The Morgan fingerprint density at radius 3 is 2.35 bits per heavy atom. The second kappa shape index (κ2) is 11.4. The summed E-state index contributed by atoms with van der Waals surface area (Å²) in [5.74, 6) is -0.358. The zero-order valence-electron chi connectivity index (χ0n) is 18.7. The fourth-order valence-electron chi connectivity index (χ4n) is 3.13. The third-order valence-corrected chi connectivity index (χ3v) is 4.78. The summed E-state index contributed by atoms with van der Waals surface area (Å²) in [5, 5.41) is 2.47. The highest BCUT2D eigenvalue weighted by Crippen LogP contribution is 2.23. The molecule has 0 saturated carbocycles. The van der Waals surface area contributed by atoms with Crippen molar-refractivity contribution < 1.29 is 28.6 Å².